The third kappa shape index (κ3) is 3.72. The Bertz CT molecular complexity index is 437. The lowest BCUT2D eigenvalue weighted by atomic mass is 9.92. The highest BCUT2D eigenvalue weighted by Gasteiger charge is 2.32. The van der Waals surface area contributed by atoms with Crippen LogP contribution in [0.15, 0.2) is 30.3 Å². The average Bonchev–Trinajstić information content (AvgIpc) is 2.82. The number of aliphatic hydroxyl groups is 1. The second-order valence-electron chi connectivity index (χ2n) is 5.54. The van der Waals surface area contributed by atoms with Crippen molar-refractivity contribution >= 4 is 18.3 Å². The van der Waals surface area contributed by atoms with E-state index in [1.807, 2.05) is 30.3 Å². The van der Waals surface area contributed by atoms with E-state index in [0.29, 0.717) is 6.54 Å². The zero-order chi connectivity index (χ0) is 13.9. The van der Waals surface area contributed by atoms with Crippen molar-refractivity contribution in [1.29, 1.82) is 0 Å². The predicted molar refractivity (Wildman–Crippen MR) is 81.6 cm³/mol. The molecular weight excluding hydrogens is 276 g/mol. The van der Waals surface area contributed by atoms with Crippen molar-refractivity contribution in [3.63, 3.8) is 0 Å². The van der Waals surface area contributed by atoms with Gasteiger partial charge in [0.2, 0.25) is 5.91 Å². The number of rotatable bonds is 4. The zero-order valence-electron chi connectivity index (χ0n) is 11.7. The number of aliphatic hydroxyl groups excluding tert-OH is 1. The minimum atomic E-state index is -1.04. The van der Waals surface area contributed by atoms with Crippen LogP contribution in [0.4, 0.5) is 0 Å². The van der Waals surface area contributed by atoms with E-state index in [4.69, 9.17) is 5.73 Å². The number of hydrogen-bond acceptors (Lipinski definition) is 3. The van der Waals surface area contributed by atoms with E-state index in [2.05, 4.69) is 5.32 Å². The van der Waals surface area contributed by atoms with Gasteiger partial charge >= 0.3 is 0 Å². The molecular formula is C15H23ClN2O2. The van der Waals surface area contributed by atoms with E-state index < -0.39 is 5.54 Å². The van der Waals surface area contributed by atoms with Crippen LogP contribution in [0.25, 0.3) is 0 Å². The Balaban J connectivity index is 0.00000200. The van der Waals surface area contributed by atoms with E-state index in [-0.39, 0.29) is 30.3 Å². The summed E-state index contributed by atoms with van der Waals surface area (Å²) in [7, 11) is 0. The van der Waals surface area contributed by atoms with Crippen molar-refractivity contribution in [1.82, 2.24) is 5.32 Å². The zero-order valence-corrected chi connectivity index (χ0v) is 12.5. The number of carbonyl (C=O) groups excluding carboxylic acids is 1. The van der Waals surface area contributed by atoms with E-state index in [1.54, 1.807) is 6.92 Å². The van der Waals surface area contributed by atoms with Crippen LogP contribution in [0.2, 0.25) is 0 Å². The average molecular weight is 299 g/mol. The first-order chi connectivity index (χ1) is 9.01. The maximum Gasteiger partial charge on any atom is 0.244 e. The fourth-order valence-corrected chi connectivity index (χ4v) is 2.58. The van der Waals surface area contributed by atoms with Gasteiger partial charge in [0.25, 0.3) is 0 Å². The van der Waals surface area contributed by atoms with Gasteiger partial charge in [0.05, 0.1) is 6.10 Å². The van der Waals surface area contributed by atoms with E-state index in [9.17, 15) is 9.90 Å². The van der Waals surface area contributed by atoms with Gasteiger partial charge in [-0.15, -0.1) is 12.4 Å². The molecule has 1 saturated carbocycles. The number of hydrogen-bond donors (Lipinski definition) is 3. The largest absolute Gasteiger partial charge is 0.393 e. The summed E-state index contributed by atoms with van der Waals surface area (Å²) >= 11 is 0. The summed E-state index contributed by atoms with van der Waals surface area (Å²) in [5.41, 5.74) is 5.88. The van der Waals surface area contributed by atoms with Crippen molar-refractivity contribution in [2.45, 2.75) is 37.8 Å². The Hall–Kier alpha value is -1.10. The Morgan fingerprint density at radius 2 is 2.05 bits per heavy atom. The van der Waals surface area contributed by atoms with Gasteiger partial charge in [-0.25, -0.2) is 0 Å². The monoisotopic (exact) mass is 298 g/mol. The van der Waals surface area contributed by atoms with Crippen LogP contribution in [0.3, 0.4) is 0 Å². The van der Waals surface area contributed by atoms with Crippen molar-refractivity contribution in [2.75, 3.05) is 6.54 Å². The van der Waals surface area contributed by atoms with E-state index in [0.717, 1.165) is 24.8 Å². The molecule has 0 aliphatic heterocycles. The van der Waals surface area contributed by atoms with Crippen molar-refractivity contribution in [3.8, 4) is 0 Å². The number of amides is 1. The first-order valence-electron chi connectivity index (χ1n) is 6.82. The van der Waals surface area contributed by atoms with E-state index >= 15 is 0 Å². The first kappa shape index (κ1) is 17.0. The molecule has 0 radical (unpaired) electrons. The molecule has 0 aromatic heterocycles. The van der Waals surface area contributed by atoms with E-state index in [1.165, 1.54) is 0 Å². The molecule has 0 heterocycles. The summed E-state index contributed by atoms with van der Waals surface area (Å²) in [6.45, 7) is 2.21. The molecule has 0 spiro atoms. The molecule has 1 aromatic carbocycles. The van der Waals surface area contributed by atoms with Crippen LogP contribution in [0, 0.1) is 5.92 Å². The topological polar surface area (TPSA) is 75.4 Å². The minimum Gasteiger partial charge on any atom is -0.393 e. The lowest BCUT2D eigenvalue weighted by Crippen LogP contribution is -2.50. The number of nitrogens with two attached hydrogens (primary N) is 1. The van der Waals surface area contributed by atoms with Crippen LogP contribution < -0.4 is 11.1 Å². The molecule has 1 aliphatic carbocycles. The standard InChI is InChI=1S/C15H22N2O2.ClH/c1-15(16,12-7-3-2-4-8-12)14(19)17-10-11-6-5-9-13(11)18;/h2-4,7-8,11,13,18H,5-6,9-10,16H2,1H3,(H,17,19);1H. The molecule has 112 valence electrons. The molecule has 1 amide bonds. The molecule has 20 heavy (non-hydrogen) atoms. The van der Waals surface area contributed by atoms with Gasteiger partial charge in [0, 0.05) is 12.5 Å². The van der Waals surface area contributed by atoms with Gasteiger partial charge < -0.3 is 16.2 Å². The molecule has 5 heteroatoms. The molecule has 1 aliphatic rings. The highest BCUT2D eigenvalue weighted by Crippen LogP contribution is 2.25. The van der Waals surface area contributed by atoms with Crippen LogP contribution in [0.5, 0.6) is 0 Å². The Morgan fingerprint density at radius 1 is 1.40 bits per heavy atom. The number of carbonyl (C=O) groups is 1. The summed E-state index contributed by atoms with van der Waals surface area (Å²) < 4.78 is 0. The maximum absolute atomic E-state index is 12.2. The molecule has 0 bridgehead atoms. The van der Waals surface area contributed by atoms with Crippen LogP contribution in [-0.4, -0.2) is 23.7 Å². The summed E-state index contributed by atoms with van der Waals surface area (Å²) in [5.74, 6) is -0.0340. The van der Waals surface area contributed by atoms with Gasteiger partial charge in [0.1, 0.15) is 5.54 Å². The smallest absolute Gasteiger partial charge is 0.244 e. The number of nitrogens with one attached hydrogen (secondary N) is 1. The highest BCUT2D eigenvalue weighted by atomic mass is 35.5. The van der Waals surface area contributed by atoms with Gasteiger partial charge in [-0.1, -0.05) is 36.8 Å². The molecule has 3 atom stereocenters. The van der Waals surface area contributed by atoms with Gasteiger partial charge in [-0.2, -0.15) is 0 Å². The molecule has 4 nitrogen and oxygen atoms in total. The summed E-state index contributed by atoms with van der Waals surface area (Å²) in [4.78, 5) is 12.2. The Kier molecular flexibility index (Phi) is 5.99. The second-order valence-corrected chi connectivity index (χ2v) is 5.54. The summed E-state index contributed by atoms with van der Waals surface area (Å²) in [6.07, 6.45) is 2.54. The van der Waals surface area contributed by atoms with Crippen molar-refractivity contribution in [2.24, 2.45) is 11.7 Å². The highest BCUT2D eigenvalue weighted by molar-refractivity contribution is 5.87. The third-order valence-corrected chi connectivity index (χ3v) is 3.99. The normalized spacial score (nSPS) is 24.6. The van der Waals surface area contributed by atoms with Crippen molar-refractivity contribution in [3.05, 3.63) is 35.9 Å². The SMILES string of the molecule is CC(N)(C(=O)NCC1CCCC1O)c1ccccc1.Cl. The quantitative estimate of drug-likeness (QED) is 0.789. The number of benzene rings is 1. The molecule has 3 unspecified atom stereocenters. The molecule has 1 aromatic rings. The summed E-state index contributed by atoms with van der Waals surface area (Å²) in [5, 5.41) is 12.6. The predicted octanol–water partition coefficient (Wildman–Crippen LogP) is 1.56. The minimum absolute atomic E-state index is 0. The maximum atomic E-state index is 12.2. The van der Waals surface area contributed by atoms with Gasteiger partial charge in [0.15, 0.2) is 0 Å². The number of halogens is 1. The Labute approximate surface area is 126 Å². The molecule has 1 fully saturated rings. The van der Waals surface area contributed by atoms with Gasteiger partial charge in [-0.3, -0.25) is 4.79 Å². The van der Waals surface area contributed by atoms with Gasteiger partial charge in [-0.05, 0) is 25.3 Å². The summed E-state index contributed by atoms with van der Waals surface area (Å²) in [6, 6.07) is 9.34. The first-order valence-corrected chi connectivity index (χ1v) is 6.82. The van der Waals surface area contributed by atoms with Crippen LogP contribution >= 0.6 is 12.4 Å². The lowest BCUT2D eigenvalue weighted by Gasteiger charge is -2.25. The fourth-order valence-electron chi connectivity index (χ4n) is 2.58. The fraction of sp³-hybridized carbons (Fsp3) is 0.533. The van der Waals surface area contributed by atoms with Crippen LogP contribution in [0.1, 0.15) is 31.7 Å². The Morgan fingerprint density at radius 3 is 2.60 bits per heavy atom. The van der Waals surface area contributed by atoms with Crippen LogP contribution in [-0.2, 0) is 10.3 Å². The molecule has 0 saturated heterocycles. The third-order valence-electron chi connectivity index (χ3n) is 3.99. The van der Waals surface area contributed by atoms with Crippen molar-refractivity contribution < 1.29 is 9.90 Å². The molecule has 2 rings (SSSR count). The molecule has 4 N–H and O–H groups in total. The second kappa shape index (κ2) is 7.07. The lowest BCUT2D eigenvalue weighted by molar-refractivity contribution is -0.126.